The van der Waals surface area contributed by atoms with Crippen LogP contribution in [0.3, 0.4) is 0 Å². The van der Waals surface area contributed by atoms with E-state index in [0.29, 0.717) is 51.5 Å². The van der Waals surface area contributed by atoms with E-state index in [9.17, 15) is 19.6 Å². The van der Waals surface area contributed by atoms with Crippen molar-refractivity contribution in [2.24, 2.45) is 0 Å². The number of carbonyl (C=O) groups is 3. The Kier molecular flexibility index (Phi) is 8.17. The lowest BCUT2D eigenvalue weighted by Gasteiger charge is -2.12. The predicted octanol–water partition coefficient (Wildman–Crippen LogP) is 2.80. The highest BCUT2D eigenvalue weighted by Gasteiger charge is 2.33. The van der Waals surface area contributed by atoms with Crippen LogP contribution in [-0.2, 0) is 30.3 Å². The zero-order chi connectivity index (χ0) is 28.1. The molecule has 0 unspecified atom stereocenters. The number of carbonyl (C=O) groups excluding carboxylic acids is 3. The van der Waals surface area contributed by atoms with Gasteiger partial charge in [0.25, 0.3) is 11.8 Å². The van der Waals surface area contributed by atoms with Gasteiger partial charge in [0.2, 0.25) is 5.89 Å². The van der Waals surface area contributed by atoms with Gasteiger partial charge < -0.3 is 19.2 Å². The molecule has 204 valence electrons. The number of imide groups is 1. The second-order valence-electron chi connectivity index (χ2n) is 8.53. The van der Waals surface area contributed by atoms with Gasteiger partial charge in [-0.3, -0.25) is 14.6 Å². The van der Waals surface area contributed by atoms with E-state index in [2.05, 4.69) is 14.4 Å². The number of hydrogen-bond donors (Lipinski definition) is 0. The maximum absolute atomic E-state index is 12.5. The second kappa shape index (κ2) is 12.1. The van der Waals surface area contributed by atoms with E-state index in [0.717, 1.165) is 11.1 Å². The van der Waals surface area contributed by atoms with Crippen molar-refractivity contribution in [3.63, 3.8) is 0 Å². The minimum atomic E-state index is -0.778. The molecule has 0 bridgehead atoms. The first kappa shape index (κ1) is 27.0. The Morgan fingerprint density at radius 3 is 2.58 bits per heavy atom. The molecule has 12 nitrogen and oxygen atoms in total. The summed E-state index contributed by atoms with van der Waals surface area (Å²) >= 11 is 0.716. The summed E-state index contributed by atoms with van der Waals surface area (Å²) < 4.78 is 17.5. The summed E-state index contributed by atoms with van der Waals surface area (Å²) in [4.78, 5) is 45.8. The van der Waals surface area contributed by atoms with Gasteiger partial charge in [-0.15, -0.1) is 5.06 Å². The highest BCUT2D eigenvalue weighted by Crippen LogP contribution is 2.35. The fourth-order valence-electron chi connectivity index (χ4n) is 3.99. The number of ether oxygens (including phenoxy) is 1. The lowest BCUT2D eigenvalue weighted by atomic mass is 10.1. The molecule has 0 spiro atoms. The molecule has 3 heterocycles. The van der Waals surface area contributed by atoms with Crippen molar-refractivity contribution in [1.29, 1.82) is 0 Å². The molecule has 1 saturated heterocycles. The number of methoxy groups -OCH3 is 1. The van der Waals surface area contributed by atoms with Gasteiger partial charge in [-0.2, -0.15) is 4.33 Å². The summed E-state index contributed by atoms with van der Waals surface area (Å²) in [6, 6.07) is 15.6. The minimum Gasteiger partial charge on any atom is -0.691 e. The molecule has 0 radical (unpaired) electrons. The first-order chi connectivity index (χ1) is 19.4. The number of nitrogens with zero attached hydrogens (tertiary/aromatic N) is 3. The minimum absolute atomic E-state index is 0.0317. The Balaban J connectivity index is 1.26. The number of hydroxylamine groups is 2. The van der Waals surface area contributed by atoms with Crippen LogP contribution in [0.25, 0.3) is 22.8 Å². The average Bonchev–Trinajstić information content (AvgIpc) is 3.59. The summed E-state index contributed by atoms with van der Waals surface area (Å²) in [5, 5.41) is 14.2. The van der Waals surface area contributed by atoms with Crippen LogP contribution in [0.15, 0.2) is 82.5 Å². The molecular formula is C27H21N3O9S. The summed E-state index contributed by atoms with van der Waals surface area (Å²) in [5.74, 6) is -0.438. The smallest absolute Gasteiger partial charge is 0.363 e. The molecule has 1 fully saturated rings. The number of aromatic nitrogens is 2. The monoisotopic (exact) mass is 563 g/mol. The molecule has 2 amide bonds. The lowest BCUT2D eigenvalue weighted by molar-refractivity contribution is -0.777. The van der Waals surface area contributed by atoms with Crippen LogP contribution in [0.5, 0.6) is 5.75 Å². The normalized spacial score (nSPS) is 13.1. The van der Waals surface area contributed by atoms with Crippen LogP contribution in [0.4, 0.5) is 0 Å². The molecule has 5 rings (SSSR count). The van der Waals surface area contributed by atoms with Gasteiger partial charge in [0.1, 0.15) is 5.75 Å². The zero-order valence-electron chi connectivity index (χ0n) is 21.0. The van der Waals surface area contributed by atoms with Crippen molar-refractivity contribution < 1.29 is 47.6 Å². The second-order valence-corrected chi connectivity index (χ2v) is 9.28. The molecule has 4 aromatic rings. The third-order valence-electron chi connectivity index (χ3n) is 5.95. The van der Waals surface area contributed by atoms with Gasteiger partial charge in [-0.1, -0.05) is 12.1 Å². The Labute approximate surface area is 231 Å². The Morgan fingerprint density at radius 2 is 1.85 bits per heavy atom. The van der Waals surface area contributed by atoms with E-state index in [1.54, 1.807) is 42.6 Å². The van der Waals surface area contributed by atoms with Crippen LogP contribution in [-0.4, -0.2) is 34.9 Å². The van der Waals surface area contributed by atoms with Crippen LogP contribution in [0.2, 0.25) is 0 Å². The summed E-state index contributed by atoms with van der Waals surface area (Å²) in [7, 11) is 1.50. The molecule has 0 N–H and O–H groups in total. The first-order valence-corrected chi connectivity index (χ1v) is 12.6. The van der Waals surface area contributed by atoms with Gasteiger partial charge in [-0.25, -0.2) is 14.3 Å². The molecule has 1 aliphatic rings. The van der Waals surface area contributed by atoms with E-state index in [1.165, 1.54) is 7.11 Å². The number of amides is 2. The maximum atomic E-state index is 12.5. The van der Waals surface area contributed by atoms with Gasteiger partial charge in [-0.05, 0) is 30.3 Å². The summed E-state index contributed by atoms with van der Waals surface area (Å²) in [6.07, 6.45) is 5.34. The van der Waals surface area contributed by atoms with Gasteiger partial charge in [0.15, 0.2) is 24.7 Å². The van der Waals surface area contributed by atoms with Gasteiger partial charge in [0.05, 0.1) is 35.8 Å². The van der Waals surface area contributed by atoms with Crippen molar-refractivity contribution >= 4 is 29.8 Å². The quantitative estimate of drug-likeness (QED) is 0.0923. The van der Waals surface area contributed by atoms with Gasteiger partial charge in [0, 0.05) is 41.7 Å². The van der Waals surface area contributed by atoms with Crippen LogP contribution in [0.1, 0.15) is 28.8 Å². The van der Waals surface area contributed by atoms with E-state index in [1.807, 2.05) is 35.2 Å². The Hall–Kier alpha value is -4.56. The van der Waals surface area contributed by atoms with Crippen molar-refractivity contribution in [2.45, 2.75) is 24.3 Å². The molecule has 1 aliphatic heterocycles. The van der Waals surface area contributed by atoms with Crippen molar-refractivity contribution in [2.75, 3.05) is 7.11 Å². The Morgan fingerprint density at radius 1 is 1.07 bits per heavy atom. The first-order valence-electron chi connectivity index (χ1n) is 11.9. The zero-order valence-corrected chi connectivity index (χ0v) is 21.8. The maximum Gasteiger partial charge on any atom is 0.363 e. The molecule has 13 heteroatoms. The van der Waals surface area contributed by atoms with Crippen LogP contribution >= 0.6 is 12.0 Å². The fourth-order valence-corrected chi connectivity index (χ4v) is 4.50. The third-order valence-corrected chi connectivity index (χ3v) is 6.57. The number of pyridine rings is 1. The van der Waals surface area contributed by atoms with Crippen molar-refractivity contribution in [1.82, 2.24) is 10.0 Å². The fraction of sp³-hybridized carbons (Fsp3) is 0.148. The molecule has 2 aromatic carbocycles. The van der Waals surface area contributed by atoms with Crippen LogP contribution < -0.4 is 14.6 Å². The van der Waals surface area contributed by atoms with Crippen molar-refractivity contribution in [3.8, 4) is 28.5 Å². The topological polar surface area (TPSA) is 144 Å². The third kappa shape index (κ3) is 6.02. The van der Waals surface area contributed by atoms with E-state index < -0.39 is 17.8 Å². The lowest BCUT2D eigenvalue weighted by Crippen LogP contribution is -2.33. The van der Waals surface area contributed by atoms with E-state index >= 15 is 0 Å². The largest absolute Gasteiger partial charge is 0.691 e. The molecule has 2 aromatic heterocycles. The molecule has 40 heavy (non-hydrogen) atoms. The standard InChI is InChI=1S/C27H21N3O9S/c1-35-21-6-5-19(14-23(21)40-39-38-34)22-15-28-26(36-22)18-9-11-29(12-10-18)16-17-3-2-4-20(13-17)27(33)37-30-24(31)7-8-25(30)32/h2-6,9-15H,7-8,16H2,1H3. The summed E-state index contributed by atoms with van der Waals surface area (Å²) in [5.41, 5.74) is 2.47. The van der Waals surface area contributed by atoms with Gasteiger partial charge >= 0.3 is 5.97 Å². The van der Waals surface area contributed by atoms with Crippen LogP contribution in [0, 0.1) is 0 Å². The number of hydrogen-bond acceptors (Lipinski definition) is 11. The Bertz CT molecular complexity index is 1540. The number of benzene rings is 2. The average molecular weight is 564 g/mol. The summed E-state index contributed by atoms with van der Waals surface area (Å²) in [6.45, 7) is 0.446. The van der Waals surface area contributed by atoms with Crippen molar-refractivity contribution in [3.05, 3.63) is 84.3 Å². The number of oxazole rings is 1. The number of rotatable bonds is 10. The van der Waals surface area contributed by atoms with E-state index in [4.69, 9.17) is 14.0 Å². The molecule has 0 aliphatic carbocycles. The molecule has 0 atom stereocenters. The molecular weight excluding hydrogens is 542 g/mol. The predicted molar refractivity (Wildman–Crippen MR) is 134 cm³/mol. The SMILES string of the molecule is COc1ccc(-c2cnc(-c3cc[n+](Cc4cccc(C(=O)ON5C(=O)CCC5=O)c4)cc3)o2)cc1SOO[O-]. The molecule has 0 saturated carbocycles. The highest BCUT2D eigenvalue weighted by atomic mass is 32.2. The highest BCUT2D eigenvalue weighted by molar-refractivity contribution is 7.94. The van der Waals surface area contributed by atoms with E-state index in [-0.39, 0.29) is 18.4 Å².